The normalized spacial score (nSPS) is 12.8. The molecule has 3 heteroatoms. The van der Waals surface area contributed by atoms with Crippen LogP contribution in [0.3, 0.4) is 0 Å². The van der Waals surface area contributed by atoms with Gasteiger partial charge in [-0.3, -0.25) is 4.99 Å². The molecule has 0 saturated carbocycles. The zero-order chi connectivity index (χ0) is 25.3. The van der Waals surface area contributed by atoms with E-state index in [2.05, 4.69) is 118 Å². The Balaban J connectivity index is 2.85. The quantitative estimate of drug-likeness (QED) is 0.309. The number of hydrogen-bond donors (Lipinski definition) is 0. The van der Waals surface area contributed by atoms with Crippen LogP contribution in [0.1, 0.15) is 114 Å². The lowest BCUT2D eigenvalue weighted by atomic mass is 9.79. The van der Waals surface area contributed by atoms with Crippen molar-refractivity contribution in [3.8, 4) is 5.75 Å². The highest BCUT2D eigenvalue weighted by Gasteiger charge is 2.26. The van der Waals surface area contributed by atoms with Gasteiger partial charge in [-0.2, -0.15) is 0 Å². The second kappa shape index (κ2) is 10.4. The van der Waals surface area contributed by atoms with Crippen LogP contribution in [0.25, 0.3) is 0 Å². The molecule has 0 saturated heterocycles. The number of aryl methyl sites for hydroxylation is 1. The van der Waals surface area contributed by atoms with Gasteiger partial charge in [-0.05, 0) is 57.9 Å². The first-order valence-electron chi connectivity index (χ1n) is 12.6. The molecule has 0 bridgehead atoms. The van der Waals surface area contributed by atoms with Crippen molar-refractivity contribution >= 4 is 26.4 Å². The van der Waals surface area contributed by atoms with Gasteiger partial charge >= 0.3 is 14.5 Å². The van der Waals surface area contributed by atoms with Crippen LogP contribution in [0, 0.1) is 6.92 Å². The average Bonchev–Trinajstić information content (AvgIpc) is 2.64. The minimum atomic E-state index is -1.30. The SMILES string of the molecule is Cc1cc(C(C)C)c(N=Cc2cc(C(C)(C)C)cc(C(C)(C)C)c2[O][Al]([CH3])[CH3])c(C(C)C)c1. The van der Waals surface area contributed by atoms with Gasteiger partial charge < -0.3 is 3.79 Å². The maximum atomic E-state index is 6.58. The van der Waals surface area contributed by atoms with Crippen molar-refractivity contribution < 1.29 is 3.79 Å². The summed E-state index contributed by atoms with van der Waals surface area (Å²) in [6.45, 7) is 24.9. The van der Waals surface area contributed by atoms with Crippen molar-refractivity contribution in [1.82, 2.24) is 0 Å². The molecule has 0 aliphatic carbocycles. The van der Waals surface area contributed by atoms with Crippen molar-refractivity contribution in [2.24, 2.45) is 4.99 Å². The van der Waals surface area contributed by atoms with E-state index in [9.17, 15) is 0 Å². The van der Waals surface area contributed by atoms with E-state index >= 15 is 0 Å². The van der Waals surface area contributed by atoms with Crippen LogP contribution in [0.5, 0.6) is 5.75 Å². The summed E-state index contributed by atoms with van der Waals surface area (Å²) < 4.78 is 6.58. The van der Waals surface area contributed by atoms with Crippen LogP contribution in [0.15, 0.2) is 29.3 Å². The van der Waals surface area contributed by atoms with Crippen LogP contribution in [-0.4, -0.2) is 20.7 Å². The molecule has 0 amide bonds. The number of nitrogens with zero attached hydrogens (tertiary/aromatic N) is 1. The fourth-order valence-corrected chi connectivity index (χ4v) is 4.84. The number of aliphatic imine (C=N–C) groups is 1. The minimum Gasteiger partial charge on any atom is -0.642 e. The summed E-state index contributed by atoms with van der Waals surface area (Å²) in [7, 11) is 0. The van der Waals surface area contributed by atoms with E-state index in [1.54, 1.807) is 0 Å². The van der Waals surface area contributed by atoms with Gasteiger partial charge in [-0.15, -0.1) is 0 Å². The van der Waals surface area contributed by atoms with E-state index < -0.39 is 14.5 Å². The van der Waals surface area contributed by atoms with E-state index in [0.29, 0.717) is 11.8 Å². The summed E-state index contributed by atoms with van der Waals surface area (Å²) in [4.78, 5) is 5.18. The molecule has 2 aromatic carbocycles. The van der Waals surface area contributed by atoms with E-state index in [-0.39, 0.29) is 10.8 Å². The predicted octanol–water partition coefficient (Wildman–Crippen LogP) is 9.22. The number of benzene rings is 2. The predicted molar refractivity (Wildman–Crippen MR) is 149 cm³/mol. The van der Waals surface area contributed by atoms with Crippen molar-refractivity contribution in [2.45, 2.75) is 110 Å². The Morgan fingerprint density at radius 2 is 1.33 bits per heavy atom. The average molecular weight is 464 g/mol. The Kier molecular flexibility index (Phi) is 8.70. The van der Waals surface area contributed by atoms with Crippen LogP contribution in [0.4, 0.5) is 5.69 Å². The highest BCUT2D eigenvalue weighted by atomic mass is 27.2. The summed E-state index contributed by atoms with van der Waals surface area (Å²) in [6.07, 6.45) is 2.07. The maximum Gasteiger partial charge on any atom is 0.540 e. The lowest BCUT2D eigenvalue weighted by Crippen LogP contribution is -2.22. The molecule has 0 N–H and O–H groups in total. The first kappa shape index (κ1) is 27.7. The molecule has 2 nitrogen and oxygen atoms in total. The van der Waals surface area contributed by atoms with Crippen LogP contribution >= 0.6 is 0 Å². The van der Waals surface area contributed by atoms with Crippen molar-refractivity contribution in [2.75, 3.05) is 0 Å². The molecular formula is C30H46AlNO. The molecule has 0 aliphatic rings. The number of rotatable bonds is 6. The first-order chi connectivity index (χ1) is 15.0. The van der Waals surface area contributed by atoms with E-state index in [1.165, 1.54) is 27.8 Å². The second-order valence-electron chi connectivity index (χ2n) is 12.5. The smallest absolute Gasteiger partial charge is 0.540 e. The van der Waals surface area contributed by atoms with E-state index in [4.69, 9.17) is 8.78 Å². The fraction of sp³-hybridized carbons (Fsp3) is 0.567. The van der Waals surface area contributed by atoms with Gasteiger partial charge in [-0.1, -0.05) is 105 Å². The van der Waals surface area contributed by atoms with Gasteiger partial charge in [-0.25, -0.2) is 0 Å². The van der Waals surface area contributed by atoms with Crippen LogP contribution in [-0.2, 0) is 10.8 Å². The molecule has 0 heterocycles. The summed E-state index contributed by atoms with van der Waals surface area (Å²) in [5.41, 5.74) is 8.79. The standard InChI is InChI=1S/C28H41NO.2CH3.Al/c1-17(2)22-12-19(5)13-23(18(3)4)25(22)29-16-20-14-21(27(6,7)8)15-24(26(20)30)28(9,10)11;;;/h12-18,30H,1-11H3;2*1H3;/q;;;+1/p-1. The maximum absolute atomic E-state index is 6.58. The molecule has 0 aliphatic heterocycles. The van der Waals surface area contributed by atoms with Gasteiger partial charge in [0, 0.05) is 11.8 Å². The third-order valence-corrected chi connectivity index (χ3v) is 6.74. The summed E-state index contributed by atoms with van der Waals surface area (Å²) in [5, 5.41) is 0. The first-order valence-corrected chi connectivity index (χ1v) is 15.3. The van der Waals surface area contributed by atoms with Gasteiger partial charge in [0.1, 0.15) is 0 Å². The van der Waals surface area contributed by atoms with Crippen LogP contribution in [0.2, 0.25) is 11.6 Å². The fourth-order valence-electron chi connectivity index (χ4n) is 4.10. The molecule has 2 rings (SSSR count). The molecule has 180 valence electrons. The highest BCUT2D eigenvalue weighted by Crippen LogP contribution is 2.40. The van der Waals surface area contributed by atoms with Gasteiger partial charge in [0.25, 0.3) is 0 Å². The second-order valence-corrected chi connectivity index (χ2v) is 14.8. The van der Waals surface area contributed by atoms with Gasteiger partial charge in [0.15, 0.2) is 0 Å². The van der Waals surface area contributed by atoms with Gasteiger partial charge in [0.05, 0.1) is 11.4 Å². The molecule has 0 aromatic heterocycles. The lowest BCUT2D eigenvalue weighted by molar-refractivity contribution is 0.513. The number of hydrogen-bond acceptors (Lipinski definition) is 2. The van der Waals surface area contributed by atoms with Crippen LogP contribution < -0.4 is 3.79 Å². The molecule has 0 radical (unpaired) electrons. The Hall–Kier alpha value is -1.56. The van der Waals surface area contributed by atoms with Crippen molar-refractivity contribution in [3.05, 3.63) is 57.6 Å². The zero-order valence-corrected chi connectivity index (χ0v) is 24.6. The van der Waals surface area contributed by atoms with E-state index in [0.717, 1.165) is 17.0 Å². The Labute approximate surface area is 208 Å². The summed E-state index contributed by atoms with van der Waals surface area (Å²) >= 11 is -1.30. The summed E-state index contributed by atoms with van der Waals surface area (Å²) in [5.74, 6) is 6.32. The molecule has 0 atom stereocenters. The topological polar surface area (TPSA) is 21.6 Å². The van der Waals surface area contributed by atoms with Crippen molar-refractivity contribution in [3.63, 3.8) is 0 Å². The molecule has 0 unspecified atom stereocenters. The lowest BCUT2D eigenvalue weighted by Gasteiger charge is -2.30. The molecule has 2 aromatic rings. The monoisotopic (exact) mass is 463 g/mol. The van der Waals surface area contributed by atoms with Gasteiger partial charge in [0.2, 0.25) is 0 Å². The van der Waals surface area contributed by atoms with E-state index in [1.807, 2.05) is 0 Å². The molecule has 0 spiro atoms. The molecule has 0 fully saturated rings. The molecular weight excluding hydrogens is 417 g/mol. The summed E-state index contributed by atoms with van der Waals surface area (Å²) in [6, 6.07) is 9.25. The Morgan fingerprint density at radius 1 is 0.818 bits per heavy atom. The third-order valence-electron chi connectivity index (χ3n) is 6.04. The highest BCUT2D eigenvalue weighted by molar-refractivity contribution is 6.49. The zero-order valence-electron chi connectivity index (χ0n) is 23.5. The Bertz CT molecular complexity index is 972. The largest absolute Gasteiger partial charge is 0.642 e. The van der Waals surface area contributed by atoms with Crippen molar-refractivity contribution in [1.29, 1.82) is 0 Å². The Morgan fingerprint density at radius 3 is 1.73 bits per heavy atom. The third kappa shape index (κ3) is 6.97. The molecule has 33 heavy (non-hydrogen) atoms. The minimum absolute atomic E-state index is 0.0154.